The monoisotopic (exact) mass is 409 g/mol. The van der Waals surface area contributed by atoms with Gasteiger partial charge in [0, 0.05) is 36.3 Å². The van der Waals surface area contributed by atoms with E-state index >= 15 is 0 Å². The van der Waals surface area contributed by atoms with Gasteiger partial charge in [0.05, 0.1) is 4.92 Å². The second-order valence-electron chi connectivity index (χ2n) is 6.33. The topological polar surface area (TPSA) is 110 Å². The molecule has 2 aromatic rings. The van der Waals surface area contributed by atoms with Crippen LogP contribution in [-0.2, 0) is 10.0 Å². The molecule has 2 heterocycles. The molecule has 0 radical (unpaired) electrons. The summed E-state index contributed by atoms with van der Waals surface area (Å²) in [5, 5.41) is 12.8. The molecular weight excluding hydrogens is 390 g/mol. The number of hydrogen-bond acceptors (Lipinski definition) is 6. The van der Waals surface area contributed by atoms with Crippen LogP contribution in [0.1, 0.15) is 28.8 Å². The van der Waals surface area contributed by atoms with Crippen LogP contribution in [0.2, 0.25) is 0 Å². The molecule has 0 unspecified atom stereocenters. The molecule has 27 heavy (non-hydrogen) atoms. The molecule has 10 heteroatoms. The van der Waals surface area contributed by atoms with Gasteiger partial charge in [0.2, 0.25) is 10.0 Å². The van der Waals surface area contributed by atoms with Crippen LogP contribution in [0.3, 0.4) is 0 Å². The minimum atomic E-state index is -3.54. The minimum absolute atomic E-state index is 0.0838. The number of benzene rings is 1. The fraction of sp³-hybridized carbons (Fsp3) is 0.353. The molecule has 1 aromatic carbocycles. The summed E-state index contributed by atoms with van der Waals surface area (Å²) >= 11 is 1.16. The Bertz CT molecular complexity index is 949. The molecular formula is C17H19N3O5S2. The van der Waals surface area contributed by atoms with Crippen molar-refractivity contribution in [2.45, 2.75) is 30.0 Å². The zero-order chi connectivity index (χ0) is 19.6. The predicted octanol–water partition coefficient (Wildman–Crippen LogP) is 2.55. The first-order valence-electron chi connectivity index (χ1n) is 8.38. The number of rotatable bonds is 5. The highest BCUT2D eigenvalue weighted by Gasteiger charge is 2.29. The summed E-state index contributed by atoms with van der Waals surface area (Å²) in [4.78, 5) is 24.9. The summed E-state index contributed by atoms with van der Waals surface area (Å²) in [5.74, 6) is -0.268. The lowest BCUT2D eigenvalue weighted by Crippen LogP contribution is -2.46. The van der Waals surface area contributed by atoms with Crippen molar-refractivity contribution < 1.29 is 18.1 Å². The van der Waals surface area contributed by atoms with E-state index in [0.717, 1.165) is 11.3 Å². The van der Waals surface area contributed by atoms with Gasteiger partial charge in [-0.25, -0.2) is 13.1 Å². The van der Waals surface area contributed by atoms with Crippen molar-refractivity contribution in [1.82, 2.24) is 9.62 Å². The molecule has 0 aliphatic carbocycles. The molecule has 1 fully saturated rings. The summed E-state index contributed by atoms with van der Waals surface area (Å²) in [6, 6.07) is 7.44. The number of nitrogens with one attached hydrogen (secondary N) is 1. The number of amides is 1. The van der Waals surface area contributed by atoms with Crippen molar-refractivity contribution in [2.75, 3.05) is 13.1 Å². The van der Waals surface area contributed by atoms with Crippen molar-refractivity contribution >= 4 is 33.0 Å². The van der Waals surface area contributed by atoms with E-state index < -0.39 is 14.9 Å². The fourth-order valence-corrected chi connectivity index (χ4v) is 5.43. The minimum Gasteiger partial charge on any atom is -0.339 e. The second kappa shape index (κ2) is 7.75. The molecule has 3 rings (SSSR count). The number of piperidine rings is 1. The van der Waals surface area contributed by atoms with E-state index in [-0.39, 0.29) is 21.8 Å². The highest BCUT2D eigenvalue weighted by Crippen LogP contribution is 2.24. The lowest BCUT2D eigenvalue weighted by Gasteiger charge is -2.32. The van der Waals surface area contributed by atoms with E-state index in [1.165, 1.54) is 12.1 Å². The van der Waals surface area contributed by atoms with Crippen LogP contribution < -0.4 is 4.72 Å². The molecule has 0 spiro atoms. The van der Waals surface area contributed by atoms with Crippen molar-refractivity contribution in [3.05, 3.63) is 57.0 Å². The van der Waals surface area contributed by atoms with Gasteiger partial charge in [-0.05, 0) is 37.3 Å². The molecule has 1 saturated heterocycles. The molecule has 0 bridgehead atoms. The Hall–Kier alpha value is -2.30. The molecule has 144 valence electrons. The highest BCUT2D eigenvalue weighted by atomic mass is 32.2. The molecule has 1 N–H and O–H groups in total. The number of likely N-dealkylation sites (tertiary alicyclic amines) is 1. The first kappa shape index (κ1) is 19.5. The zero-order valence-electron chi connectivity index (χ0n) is 14.6. The van der Waals surface area contributed by atoms with E-state index in [1.54, 1.807) is 35.4 Å². The van der Waals surface area contributed by atoms with Gasteiger partial charge in [0.15, 0.2) is 0 Å². The number of nitro groups is 1. The maximum Gasteiger partial charge on any atom is 0.273 e. The van der Waals surface area contributed by atoms with Crippen molar-refractivity contribution in [1.29, 1.82) is 0 Å². The number of carbonyl (C=O) groups is 1. The van der Waals surface area contributed by atoms with Gasteiger partial charge >= 0.3 is 0 Å². The molecule has 8 nitrogen and oxygen atoms in total. The first-order valence-corrected chi connectivity index (χ1v) is 10.7. The Balaban J connectivity index is 1.65. The van der Waals surface area contributed by atoms with E-state index in [1.807, 2.05) is 0 Å². The van der Waals surface area contributed by atoms with Crippen molar-refractivity contribution in [3.63, 3.8) is 0 Å². The standard InChI is InChI=1S/C17H19N3O5S2/c1-12-14(4-2-5-15(12)20(22)23)17(21)19-9-7-13(8-10-19)18-27(24,25)16-6-3-11-26-16/h2-6,11,13,18H,7-10H2,1H3. The molecule has 1 aliphatic heterocycles. The second-order valence-corrected chi connectivity index (χ2v) is 9.22. The summed E-state index contributed by atoms with van der Waals surface area (Å²) in [5.41, 5.74) is 0.564. The van der Waals surface area contributed by atoms with Crippen LogP contribution in [0.15, 0.2) is 39.9 Å². The SMILES string of the molecule is Cc1c(C(=O)N2CCC(NS(=O)(=O)c3cccs3)CC2)cccc1[N+](=O)[O-]. The Kier molecular flexibility index (Phi) is 5.59. The number of hydrogen-bond donors (Lipinski definition) is 1. The molecule has 1 amide bonds. The van der Waals surface area contributed by atoms with E-state index in [4.69, 9.17) is 0 Å². The number of nitrogens with zero attached hydrogens (tertiary/aromatic N) is 2. The summed E-state index contributed by atoms with van der Waals surface area (Å²) in [6.07, 6.45) is 0.981. The lowest BCUT2D eigenvalue weighted by atomic mass is 10.0. The van der Waals surface area contributed by atoms with Gasteiger partial charge < -0.3 is 4.90 Å². The zero-order valence-corrected chi connectivity index (χ0v) is 16.3. The number of sulfonamides is 1. The van der Waals surface area contributed by atoms with Gasteiger partial charge in [-0.3, -0.25) is 14.9 Å². The molecule has 1 aromatic heterocycles. The molecule has 1 aliphatic rings. The van der Waals surface area contributed by atoms with E-state index in [0.29, 0.717) is 37.1 Å². The van der Waals surface area contributed by atoms with Crippen LogP contribution in [-0.4, -0.2) is 43.3 Å². The van der Waals surface area contributed by atoms with Gasteiger partial charge in [0.1, 0.15) is 4.21 Å². The van der Waals surface area contributed by atoms with Gasteiger partial charge in [0.25, 0.3) is 11.6 Å². The lowest BCUT2D eigenvalue weighted by molar-refractivity contribution is -0.385. The Morgan fingerprint density at radius 2 is 1.96 bits per heavy atom. The molecule has 0 atom stereocenters. The summed E-state index contributed by atoms with van der Waals surface area (Å²) in [7, 11) is -3.54. The molecule has 0 saturated carbocycles. The number of nitro benzene ring substituents is 1. The summed E-state index contributed by atoms with van der Waals surface area (Å²) < 4.78 is 27.6. The third-order valence-corrected chi connectivity index (χ3v) is 7.51. The summed E-state index contributed by atoms with van der Waals surface area (Å²) in [6.45, 7) is 2.34. The van der Waals surface area contributed by atoms with Crippen LogP contribution >= 0.6 is 11.3 Å². The maximum absolute atomic E-state index is 12.7. The third kappa shape index (κ3) is 4.18. The van der Waals surface area contributed by atoms with Crippen LogP contribution in [0.4, 0.5) is 5.69 Å². The third-order valence-electron chi connectivity index (χ3n) is 4.60. The Morgan fingerprint density at radius 3 is 2.56 bits per heavy atom. The largest absolute Gasteiger partial charge is 0.339 e. The number of thiophene rings is 1. The van der Waals surface area contributed by atoms with Crippen molar-refractivity contribution in [2.24, 2.45) is 0 Å². The Labute approximate surface area is 161 Å². The van der Waals surface area contributed by atoms with Crippen molar-refractivity contribution in [3.8, 4) is 0 Å². The van der Waals surface area contributed by atoms with Gasteiger partial charge in [-0.15, -0.1) is 11.3 Å². The average molecular weight is 409 g/mol. The maximum atomic E-state index is 12.7. The van der Waals surface area contributed by atoms with Gasteiger partial charge in [-0.1, -0.05) is 12.1 Å². The van der Waals surface area contributed by atoms with Gasteiger partial charge in [-0.2, -0.15) is 0 Å². The Morgan fingerprint density at radius 1 is 1.26 bits per heavy atom. The fourth-order valence-electron chi connectivity index (χ4n) is 3.12. The predicted molar refractivity (Wildman–Crippen MR) is 101 cm³/mol. The average Bonchev–Trinajstić information content (AvgIpc) is 3.17. The quantitative estimate of drug-likeness (QED) is 0.603. The van der Waals surface area contributed by atoms with Crippen LogP contribution in [0.25, 0.3) is 0 Å². The van der Waals surface area contributed by atoms with Crippen LogP contribution in [0.5, 0.6) is 0 Å². The van der Waals surface area contributed by atoms with Crippen LogP contribution in [0, 0.1) is 17.0 Å². The highest BCUT2D eigenvalue weighted by molar-refractivity contribution is 7.91. The number of carbonyl (C=O) groups excluding carboxylic acids is 1. The smallest absolute Gasteiger partial charge is 0.273 e. The first-order chi connectivity index (χ1) is 12.8. The van der Waals surface area contributed by atoms with E-state index in [2.05, 4.69) is 4.72 Å². The normalized spacial score (nSPS) is 15.7. The van der Waals surface area contributed by atoms with E-state index in [9.17, 15) is 23.3 Å².